The number of thiophene rings is 1. The summed E-state index contributed by atoms with van der Waals surface area (Å²) in [5, 5.41) is 12.3. The molecule has 0 radical (unpaired) electrons. The Balaban J connectivity index is 1.92. The molecule has 1 N–H and O–H groups in total. The van der Waals surface area contributed by atoms with Crippen molar-refractivity contribution in [3.05, 3.63) is 51.7 Å². The second-order valence-electron chi connectivity index (χ2n) is 4.86. The maximum Gasteiger partial charge on any atom is 0.327 e. The van der Waals surface area contributed by atoms with Gasteiger partial charge in [0.25, 0.3) is 0 Å². The highest BCUT2D eigenvalue weighted by atomic mass is 35.5. The van der Waals surface area contributed by atoms with Crippen LogP contribution in [-0.2, 0) is 4.79 Å². The fraction of sp³-hybridized carbons (Fsp3) is 0.267. The van der Waals surface area contributed by atoms with Crippen LogP contribution in [0.5, 0.6) is 0 Å². The van der Waals surface area contributed by atoms with Crippen LogP contribution < -0.4 is 4.90 Å². The molecule has 0 saturated carbocycles. The van der Waals surface area contributed by atoms with E-state index in [0.717, 1.165) is 23.5 Å². The molecule has 1 aliphatic rings. The molecule has 0 aliphatic carbocycles. The van der Waals surface area contributed by atoms with Gasteiger partial charge in [0.15, 0.2) is 0 Å². The average molecular weight is 308 g/mol. The van der Waals surface area contributed by atoms with Crippen LogP contribution in [0.15, 0.2) is 41.8 Å². The van der Waals surface area contributed by atoms with Crippen LogP contribution in [-0.4, -0.2) is 23.7 Å². The highest BCUT2D eigenvalue weighted by Gasteiger charge is 2.40. The van der Waals surface area contributed by atoms with Crippen LogP contribution in [0.3, 0.4) is 0 Å². The number of anilines is 1. The molecule has 0 bridgehead atoms. The number of carboxylic acid groups (broad SMARTS) is 1. The summed E-state index contributed by atoms with van der Waals surface area (Å²) in [6.45, 7) is 0.751. The molecule has 2 heterocycles. The number of halogens is 1. The fourth-order valence-electron chi connectivity index (χ4n) is 2.82. The molecule has 1 fully saturated rings. The lowest BCUT2D eigenvalue weighted by Gasteiger charge is -2.26. The minimum atomic E-state index is -0.768. The van der Waals surface area contributed by atoms with E-state index in [1.54, 1.807) is 23.5 Å². The van der Waals surface area contributed by atoms with Gasteiger partial charge in [-0.2, -0.15) is 0 Å². The number of carbonyl (C=O) groups is 1. The molecule has 1 aromatic carbocycles. The molecular formula is C15H14ClNO2S. The van der Waals surface area contributed by atoms with Gasteiger partial charge in [-0.1, -0.05) is 17.7 Å². The molecular weight excluding hydrogens is 294 g/mol. The van der Waals surface area contributed by atoms with Gasteiger partial charge in [-0.05, 0) is 42.1 Å². The Bertz CT molecular complexity index is 597. The van der Waals surface area contributed by atoms with E-state index >= 15 is 0 Å². The normalized spacial score (nSPS) is 22.1. The summed E-state index contributed by atoms with van der Waals surface area (Å²) >= 11 is 7.52. The molecule has 1 aromatic heterocycles. The summed E-state index contributed by atoms with van der Waals surface area (Å²) in [6.07, 6.45) is 0.861. The van der Waals surface area contributed by atoms with E-state index < -0.39 is 12.0 Å². The first-order chi connectivity index (χ1) is 9.66. The van der Waals surface area contributed by atoms with E-state index in [4.69, 9.17) is 11.6 Å². The second-order valence-corrected chi connectivity index (χ2v) is 6.28. The van der Waals surface area contributed by atoms with Crippen molar-refractivity contribution in [2.45, 2.75) is 18.4 Å². The van der Waals surface area contributed by atoms with Crippen LogP contribution in [0.2, 0.25) is 5.02 Å². The van der Waals surface area contributed by atoms with Gasteiger partial charge in [0.1, 0.15) is 6.04 Å². The summed E-state index contributed by atoms with van der Waals surface area (Å²) in [4.78, 5) is 14.8. The predicted octanol–water partition coefficient (Wildman–Crippen LogP) is 3.85. The molecule has 104 valence electrons. The molecule has 1 aliphatic heterocycles. The van der Waals surface area contributed by atoms with Gasteiger partial charge in [0, 0.05) is 28.0 Å². The lowest BCUT2D eigenvalue weighted by atomic mass is 9.98. The van der Waals surface area contributed by atoms with Crippen molar-refractivity contribution < 1.29 is 9.90 Å². The van der Waals surface area contributed by atoms with E-state index in [0.29, 0.717) is 5.02 Å². The van der Waals surface area contributed by atoms with Crippen molar-refractivity contribution in [3.8, 4) is 0 Å². The summed E-state index contributed by atoms with van der Waals surface area (Å²) in [7, 11) is 0. The van der Waals surface area contributed by atoms with Crippen molar-refractivity contribution >= 4 is 34.6 Å². The summed E-state index contributed by atoms with van der Waals surface area (Å²) in [5.41, 5.74) is 0.917. The maximum atomic E-state index is 11.7. The zero-order valence-corrected chi connectivity index (χ0v) is 12.3. The van der Waals surface area contributed by atoms with E-state index in [9.17, 15) is 9.90 Å². The van der Waals surface area contributed by atoms with Gasteiger partial charge in [0.2, 0.25) is 0 Å². The van der Waals surface area contributed by atoms with Crippen LogP contribution in [0.25, 0.3) is 0 Å². The van der Waals surface area contributed by atoms with Gasteiger partial charge < -0.3 is 10.0 Å². The third-order valence-electron chi connectivity index (χ3n) is 3.72. The molecule has 5 heteroatoms. The number of hydrogen-bond acceptors (Lipinski definition) is 3. The minimum absolute atomic E-state index is 0.0585. The zero-order valence-electron chi connectivity index (χ0n) is 10.7. The Kier molecular flexibility index (Phi) is 3.68. The van der Waals surface area contributed by atoms with E-state index in [1.165, 1.54) is 0 Å². The molecule has 2 atom stereocenters. The third kappa shape index (κ3) is 2.41. The zero-order chi connectivity index (χ0) is 14.1. The summed E-state index contributed by atoms with van der Waals surface area (Å²) < 4.78 is 0. The van der Waals surface area contributed by atoms with Gasteiger partial charge in [-0.15, -0.1) is 11.3 Å². The maximum absolute atomic E-state index is 11.7. The highest BCUT2D eigenvalue weighted by Crippen LogP contribution is 2.38. The molecule has 0 spiro atoms. The Labute approximate surface area is 126 Å². The first-order valence-corrected chi connectivity index (χ1v) is 7.71. The Morgan fingerprint density at radius 3 is 2.65 bits per heavy atom. The number of benzene rings is 1. The van der Waals surface area contributed by atoms with Crippen molar-refractivity contribution in [1.29, 1.82) is 0 Å². The van der Waals surface area contributed by atoms with Crippen molar-refractivity contribution in [2.24, 2.45) is 0 Å². The topological polar surface area (TPSA) is 40.5 Å². The molecule has 0 amide bonds. The second kappa shape index (κ2) is 5.46. The minimum Gasteiger partial charge on any atom is -0.480 e. The molecule has 20 heavy (non-hydrogen) atoms. The van der Waals surface area contributed by atoms with Crippen molar-refractivity contribution in [1.82, 2.24) is 0 Å². The number of carboxylic acids is 1. The highest BCUT2D eigenvalue weighted by molar-refractivity contribution is 7.10. The van der Waals surface area contributed by atoms with Crippen molar-refractivity contribution in [3.63, 3.8) is 0 Å². The van der Waals surface area contributed by atoms with Gasteiger partial charge in [-0.25, -0.2) is 4.79 Å². The fourth-order valence-corrected chi connectivity index (χ4v) is 3.84. The molecule has 2 aromatic rings. The molecule has 3 nitrogen and oxygen atoms in total. The molecule has 0 unspecified atom stereocenters. The Hall–Kier alpha value is -1.52. The van der Waals surface area contributed by atoms with Gasteiger partial charge in [-0.3, -0.25) is 0 Å². The van der Waals surface area contributed by atoms with Gasteiger partial charge >= 0.3 is 5.97 Å². The lowest BCUT2D eigenvalue weighted by Crippen LogP contribution is -2.38. The lowest BCUT2D eigenvalue weighted by molar-refractivity contribution is -0.138. The first-order valence-electron chi connectivity index (χ1n) is 6.45. The van der Waals surface area contributed by atoms with E-state index in [2.05, 4.69) is 0 Å². The quantitative estimate of drug-likeness (QED) is 0.936. The number of rotatable bonds is 3. The van der Waals surface area contributed by atoms with Crippen LogP contribution in [0, 0.1) is 0 Å². The van der Waals surface area contributed by atoms with Gasteiger partial charge in [0.05, 0.1) is 0 Å². The van der Waals surface area contributed by atoms with E-state index in [-0.39, 0.29) is 5.92 Å². The Morgan fingerprint density at radius 2 is 2.05 bits per heavy atom. The largest absolute Gasteiger partial charge is 0.480 e. The average Bonchev–Trinajstić information content (AvgIpc) is 3.08. The number of hydrogen-bond donors (Lipinski definition) is 1. The standard InChI is InChI=1S/C15H14ClNO2S/c16-10-3-5-11(6-4-10)17-8-7-12(14(17)15(18)19)13-2-1-9-20-13/h1-6,9,12,14H,7-8H2,(H,18,19)/t12-,14+/m0/s1. The monoisotopic (exact) mass is 307 g/mol. The molecule has 3 rings (SSSR count). The number of aliphatic carboxylic acids is 1. The predicted molar refractivity (Wildman–Crippen MR) is 81.9 cm³/mol. The van der Waals surface area contributed by atoms with Crippen molar-refractivity contribution in [2.75, 3.05) is 11.4 Å². The Morgan fingerprint density at radius 1 is 1.30 bits per heavy atom. The molecule has 1 saturated heterocycles. The number of nitrogens with zero attached hydrogens (tertiary/aromatic N) is 1. The third-order valence-corrected chi connectivity index (χ3v) is 4.97. The van der Waals surface area contributed by atoms with Crippen LogP contribution in [0.1, 0.15) is 17.2 Å². The van der Waals surface area contributed by atoms with Crippen LogP contribution in [0.4, 0.5) is 5.69 Å². The summed E-state index contributed by atoms with van der Waals surface area (Å²) in [5.74, 6) is -0.709. The first kappa shape index (κ1) is 13.5. The van der Waals surface area contributed by atoms with E-state index in [1.807, 2.05) is 34.5 Å². The SMILES string of the molecule is O=C(O)[C@H]1[C@H](c2cccs2)CCN1c1ccc(Cl)cc1. The van der Waals surface area contributed by atoms with Crippen LogP contribution >= 0.6 is 22.9 Å². The smallest absolute Gasteiger partial charge is 0.327 e. The summed E-state index contributed by atoms with van der Waals surface area (Å²) in [6, 6.07) is 10.9.